The first-order valence-corrected chi connectivity index (χ1v) is 9.91. The zero-order chi connectivity index (χ0) is 21.2. The van der Waals surface area contributed by atoms with Crippen molar-refractivity contribution in [2.24, 2.45) is 5.10 Å². The quantitative estimate of drug-likeness (QED) is 0.525. The number of hydrogen-bond donors (Lipinski definition) is 1. The van der Waals surface area contributed by atoms with Crippen LogP contribution in [-0.4, -0.2) is 31.3 Å². The van der Waals surface area contributed by atoms with Crippen LogP contribution in [-0.2, 0) is 4.79 Å². The van der Waals surface area contributed by atoms with Gasteiger partial charge in [-0.1, -0.05) is 41.4 Å². The molecule has 0 saturated heterocycles. The molecule has 3 rings (SSSR count). The number of anilines is 1. The van der Waals surface area contributed by atoms with Crippen LogP contribution in [0.25, 0.3) is 5.57 Å². The van der Waals surface area contributed by atoms with Gasteiger partial charge < -0.3 is 9.64 Å². The fourth-order valence-electron chi connectivity index (χ4n) is 3.20. The molecule has 5 nitrogen and oxygen atoms in total. The van der Waals surface area contributed by atoms with Crippen molar-refractivity contribution in [1.82, 2.24) is 5.43 Å². The van der Waals surface area contributed by atoms with Gasteiger partial charge >= 0.3 is 0 Å². The molecule has 0 unspecified atom stereocenters. The third kappa shape index (κ3) is 4.74. The fraction of sp³-hybridized carbons (Fsp3) is 0.273. The number of halogens is 2. The van der Waals surface area contributed by atoms with E-state index in [1.165, 1.54) is 11.8 Å². The lowest BCUT2D eigenvalue weighted by Crippen LogP contribution is -2.42. The highest BCUT2D eigenvalue weighted by molar-refractivity contribution is 6.33. The summed E-state index contributed by atoms with van der Waals surface area (Å²) in [6.45, 7) is 6.20. The van der Waals surface area contributed by atoms with Gasteiger partial charge in [0, 0.05) is 23.9 Å². The minimum absolute atomic E-state index is 0.0916. The van der Waals surface area contributed by atoms with Crippen LogP contribution in [0.2, 0.25) is 10.0 Å². The lowest BCUT2D eigenvalue weighted by atomic mass is 9.88. The van der Waals surface area contributed by atoms with Crippen molar-refractivity contribution in [3.8, 4) is 5.75 Å². The maximum Gasteiger partial charge on any atom is 0.277 e. The third-order valence-electron chi connectivity index (χ3n) is 4.92. The van der Waals surface area contributed by atoms with Gasteiger partial charge in [0.1, 0.15) is 5.75 Å². The number of carbonyl (C=O) groups excluding carboxylic acids is 1. The molecule has 0 aromatic heterocycles. The molecule has 0 bridgehead atoms. The zero-order valence-electron chi connectivity index (χ0n) is 16.8. The highest BCUT2D eigenvalue weighted by Crippen LogP contribution is 2.40. The summed E-state index contributed by atoms with van der Waals surface area (Å²) in [6.07, 6.45) is 3.75. The number of amides is 1. The van der Waals surface area contributed by atoms with E-state index in [4.69, 9.17) is 27.9 Å². The van der Waals surface area contributed by atoms with Gasteiger partial charge in [-0.25, -0.2) is 5.43 Å². The first kappa shape index (κ1) is 21.2. The average molecular weight is 432 g/mol. The predicted molar refractivity (Wildman–Crippen MR) is 120 cm³/mol. The number of nitrogens with one attached hydrogen (secondary N) is 1. The molecule has 7 heteroatoms. The monoisotopic (exact) mass is 431 g/mol. The number of nitrogens with zero attached hydrogens (tertiary/aromatic N) is 2. The highest BCUT2D eigenvalue weighted by Gasteiger charge is 2.29. The van der Waals surface area contributed by atoms with Crippen molar-refractivity contribution < 1.29 is 9.53 Å². The SMILES string of the molecule is CC1=CC(C)(C)N(C)c2cc(Cl)c(/C=N\NC(=O)COc3ccccc3Cl)cc21. The largest absolute Gasteiger partial charge is 0.482 e. The summed E-state index contributed by atoms with van der Waals surface area (Å²) >= 11 is 12.5. The van der Waals surface area contributed by atoms with Crippen molar-refractivity contribution >= 4 is 46.6 Å². The van der Waals surface area contributed by atoms with Crippen LogP contribution >= 0.6 is 23.2 Å². The Morgan fingerprint density at radius 1 is 1.24 bits per heavy atom. The summed E-state index contributed by atoms with van der Waals surface area (Å²) in [5.41, 5.74) is 6.40. The van der Waals surface area contributed by atoms with E-state index in [2.05, 4.69) is 42.3 Å². The number of fused-ring (bicyclic) bond motifs is 1. The standard InChI is InChI=1S/C22H23Cl2N3O2/c1-14-11-22(2,3)27(4)19-10-18(24)15(9-16(14)19)12-25-26-21(28)13-29-20-8-6-5-7-17(20)23/h5-12H,13H2,1-4H3,(H,26,28)/b25-12-. The number of ether oxygens (including phenoxy) is 1. The summed E-state index contributed by atoms with van der Waals surface area (Å²) in [5, 5.41) is 5.01. The van der Waals surface area contributed by atoms with E-state index in [0.717, 1.165) is 16.8 Å². The lowest BCUT2D eigenvalue weighted by Gasteiger charge is -2.40. The van der Waals surface area contributed by atoms with E-state index in [1.807, 2.05) is 19.2 Å². The van der Waals surface area contributed by atoms with Crippen molar-refractivity contribution in [1.29, 1.82) is 0 Å². The van der Waals surface area contributed by atoms with Crippen LogP contribution in [0.5, 0.6) is 5.75 Å². The van der Waals surface area contributed by atoms with Crippen LogP contribution in [0.3, 0.4) is 0 Å². The molecule has 29 heavy (non-hydrogen) atoms. The van der Waals surface area contributed by atoms with Crippen LogP contribution < -0.4 is 15.1 Å². The Balaban J connectivity index is 1.68. The van der Waals surface area contributed by atoms with Crippen molar-refractivity contribution in [3.05, 3.63) is 63.6 Å². The molecule has 2 aromatic carbocycles. The molecule has 0 fully saturated rings. The summed E-state index contributed by atoms with van der Waals surface area (Å²) in [6, 6.07) is 10.9. The summed E-state index contributed by atoms with van der Waals surface area (Å²) < 4.78 is 5.39. The average Bonchev–Trinajstić information content (AvgIpc) is 2.66. The second-order valence-electron chi connectivity index (χ2n) is 7.44. The Kier molecular flexibility index (Phi) is 6.20. The molecule has 1 aliphatic heterocycles. The molecular formula is C22H23Cl2N3O2. The zero-order valence-corrected chi connectivity index (χ0v) is 18.3. The molecule has 0 radical (unpaired) electrons. The number of rotatable bonds is 5. The topological polar surface area (TPSA) is 53.9 Å². The Labute approximate surface area is 180 Å². The van der Waals surface area contributed by atoms with Gasteiger partial charge in [-0.3, -0.25) is 4.79 Å². The molecular weight excluding hydrogens is 409 g/mol. The molecule has 1 aliphatic rings. The lowest BCUT2D eigenvalue weighted by molar-refractivity contribution is -0.123. The van der Waals surface area contributed by atoms with E-state index in [9.17, 15) is 4.79 Å². The minimum atomic E-state index is -0.396. The molecule has 1 amide bonds. The molecule has 0 saturated carbocycles. The third-order valence-corrected chi connectivity index (χ3v) is 5.56. The summed E-state index contributed by atoms with van der Waals surface area (Å²) in [4.78, 5) is 14.2. The van der Waals surface area contributed by atoms with Gasteiger partial charge in [0.25, 0.3) is 5.91 Å². The van der Waals surface area contributed by atoms with E-state index in [1.54, 1.807) is 24.3 Å². The first-order chi connectivity index (χ1) is 13.7. The van der Waals surface area contributed by atoms with E-state index >= 15 is 0 Å². The number of para-hydroxylation sites is 1. The first-order valence-electron chi connectivity index (χ1n) is 9.15. The number of carbonyl (C=O) groups is 1. The Morgan fingerprint density at radius 2 is 1.97 bits per heavy atom. The molecule has 0 aliphatic carbocycles. The van der Waals surface area contributed by atoms with Gasteiger partial charge in [-0.05, 0) is 50.6 Å². The number of benzene rings is 2. The van der Waals surface area contributed by atoms with Gasteiger partial charge in [0.15, 0.2) is 6.61 Å². The van der Waals surface area contributed by atoms with Crippen molar-refractivity contribution in [3.63, 3.8) is 0 Å². The summed E-state index contributed by atoms with van der Waals surface area (Å²) in [5.74, 6) is 0.0492. The van der Waals surface area contributed by atoms with Gasteiger partial charge in [0.2, 0.25) is 0 Å². The van der Waals surface area contributed by atoms with Crippen molar-refractivity contribution in [2.75, 3.05) is 18.6 Å². The minimum Gasteiger partial charge on any atom is -0.482 e. The molecule has 0 atom stereocenters. The van der Waals surface area contributed by atoms with E-state index in [-0.39, 0.29) is 12.1 Å². The highest BCUT2D eigenvalue weighted by atomic mass is 35.5. The van der Waals surface area contributed by atoms with Gasteiger partial charge in [0.05, 0.1) is 21.8 Å². The number of hydrogen-bond acceptors (Lipinski definition) is 4. The van der Waals surface area contributed by atoms with Crippen LogP contribution in [0.15, 0.2) is 47.6 Å². The molecule has 0 spiro atoms. The van der Waals surface area contributed by atoms with Crippen molar-refractivity contribution in [2.45, 2.75) is 26.3 Å². The second kappa shape index (κ2) is 8.47. The maximum atomic E-state index is 12.0. The Morgan fingerprint density at radius 3 is 2.69 bits per heavy atom. The normalized spacial score (nSPS) is 15.1. The smallest absolute Gasteiger partial charge is 0.277 e. The van der Waals surface area contributed by atoms with E-state index in [0.29, 0.717) is 15.8 Å². The Bertz CT molecular complexity index is 1000. The maximum absolute atomic E-state index is 12.0. The second-order valence-corrected chi connectivity index (χ2v) is 8.26. The number of likely N-dealkylation sites (N-methyl/N-ethyl adjacent to an activating group) is 1. The van der Waals surface area contributed by atoms with E-state index < -0.39 is 5.91 Å². The molecule has 1 N–H and O–H groups in total. The van der Waals surface area contributed by atoms with Crippen LogP contribution in [0, 0.1) is 0 Å². The molecule has 2 aromatic rings. The fourth-order valence-corrected chi connectivity index (χ4v) is 3.59. The number of allylic oxidation sites excluding steroid dienone is 1. The summed E-state index contributed by atoms with van der Waals surface area (Å²) in [7, 11) is 2.05. The molecule has 152 valence electrons. The van der Waals surface area contributed by atoms with Gasteiger partial charge in [-0.15, -0.1) is 0 Å². The van der Waals surface area contributed by atoms with Gasteiger partial charge in [-0.2, -0.15) is 5.10 Å². The predicted octanol–water partition coefficient (Wildman–Crippen LogP) is 5.15. The van der Waals surface area contributed by atoms with Crippen LogP contribution in [0.4, 0.5) is 5.69 Å². The Hall–Kier alpha value is -2.50. The molecule has 1 heterocycles. The van der Waals surface area contributed by atoms with Crippen LogP contribution in [0.1, 0.15) is 31.9 Å². The number of hydrazone groups is 1.